The Bertz CT molecular complexity index is 926. The maximum atomic E-state index is 12.1. The molecule has 1 N–H and O–H groups in total. The number of carbonyl (C=O) groups is 1. The maximum Gasteiger partial charge on any atom is 0.292 e. The fourth-order valence-electron chi connectivity index (χ4n) is 2.06. The number of carbonyl (C=O) groups excluding carboxylic acids is 1. The van der Waals surface area contributed by atoms with Crippen molar-refractivity contribution in [1.82, 2.24) is 9.78 Å². The Balaban J connectivity index is 1.58. The zero-order valence-corrected chi connectivity index (χ0v) is 13.7. The monoisotopic (exact) mass is 356 g/mol. The van der Waals surface area contributed by atoms with Gasteiger partial charge in [-0.2, -0.15) is 10.4 Å². The molecular formula is C17H13ClN4O3. The van der Waals surface area contributed by atoms with Crippen LogP contribution in [0.3, 0.4) is 0 Å². The fraction of sp³-hybridized carbons (Fsp3) is 0.118. The van der Waals surface area contributed by atoms with Crippen LogP contribution in [0.4, 0.5) is 5.82 Å². The van der Waals surface area contributed by atoms with Crippen LogP contribution in [0.5, 0.6) is 5.75 Å². The van der Waals surface area contributed by atoms with E-state index in [-0.39, 0.29) is 18.9 Å². The SMILES string of the molecule is N#CCn1ccc(NC(=O)c2ccc(COc3cccc(Cl)c3)o2)n1. The van der Waals surface area contributed by atoms with Gasteiger partial charge in [-0.1, -0.05) is 17.7 Å². The van der Waals surface area contributed by atoms with Gasteiger partial charge in [0.15, 0.2) is 11.6 Å². The second kappa shape index (κ2) is 7.55. The highest BCUT2D eigenvalue weighted by Gasteiger charge is 2.13. The van der Waals surface area contributed by atoms with Crippen LogP contribution in [-0.2, 0) is 13.2 Å². The molecule has 0 aliphatic heterocycles. The van der Waals surface area contributed by atoms with Crippen LogP contribution in [0, 0.1) is 11.3 Å². The molecule has 0 spiro atoms. The number of halogens is 1. The smallest absolute Gasteiger partial charge is 0.292 e. The minimum Gasteiger partial charge on any atom is -0.486 e. The molecule has 7 nitrogen and oxygen atoms in total. The molecule has 0 radical (unpaired) electrons. The first kappa shape index (κ1) is 16.6. The largest absolute Gasteiger partial charge is 0.486 e. The number of nitrogens with one attached hydrogen (secondary N) is 1. The molecule has 0 aliphatic carbocycles. The third-order valence-corrected chi connectivity index (χ3v) is 3.41. The molecule has 0 fully saturated rings. The Labute approximate surface area is 148 Å². The van der Waals surface area contributed by atoms with Gasteiger partial charge >= 0.3 is 0 Å². The van der Waals surface area contributed by atoms with E-state index in [1.165, 1.54) is 4.68 Å². The van der Waals surface area contributed by atoms with Gasteiger partial charge in [0.2, 0.25) is 0 Å². The van der Waals surface area contributed by atoms with Crippen molar-refractivity contribution in [3.05, 3.63) is 65.2 Å². The topological polar surface area (TPSA) is 93.1 Å². The van der Waals surface area contributed by atoms with Gasteiger partial charge in [0.05, 0.1) is 6.07 Å². The molecule has 2 heterocycles. The van der Waals surface area contributed by atoms with Crippen molar-refractivity contribution < 1.29 is 13.9 Å². The van der Waals surface area contributed by atoms with E-state index < -0.39 is 5.91 Å². The minimum absolute atomic E-state index is 0.113. The first-order chi connectivity index (χ1) is 12.1. The standard InChI is InChI=1S/C17H13ClN4O3/c18-12-2-1-3-13(10-12)24-11-14-4-5-15(25-14)17(23)20-16-6-8-22(21-16)9-7-19/h1-6,8,10H,9,11H2,(H,20,21,23). The van der Waals surface area contributed by atoms with E-state index in [4.69, 9.17) is 26.0 Å². The van der Waals surface area contributed by atoms with Crippen molar-refractivity contribution in [2.24, 2.45) is 0 Å². The highest BCUT2D eigenvalue weighted by molar-refractivity contribution is 6.30. The number of amides is 1. The summed E-state index contributed by atoms with van der Waals surface area (Å²) >= 11 is 5.89. The number of furan rings is 1. The van der Waals surface area contributed by atoms with Gasteiger partial charge in [-0.05, 0) is 30.3 Å². The molecule has 2 aromatic heterocycles. The van der Waals surface area contributed by atoms with Crippen molar-refractivity contribution in [3.8, 4) is 11.8 Å². The summed E-state index contributed by atoms with van der Waals surface area (Å²) in [5.74, 6) is 1.15. The molecular weight excluding hydrogens is 344 g/mol. The molecule has 25 heavy (non-hydrogen) atoms. The zero-order chi connectivity index (χ0) is 17.6. The predicted molar refractivity (Wildman–Crippen MR) is 90.3 cm³/mol. The maximum absolute atomic E-state index is 12.1. The Morgan fingerprint density at radius 3 is 3.04 bits per heavy atom. The van der Waals surface area contributed by atoms with E-state index in [0.717, 1.165) is 0 Å². The van der Waals surface area contributed by atoms with Crippen LogP contribution in [0.1, 0.15) is 16.3 Å². The van der Waals surface area contributed by atoms with E-state index in [9.17, 15) is 4.79 Å². The molecule has 1 amide bonds. The van der Waals surface area contributed by atoms with Crippen LogP contribution in [0.15, 0.2) is 53.1 Å². The highest BCUT2D eigenvalue weighted by Crippen LogP contribution is 2.19. The number of benzene rings is 1. The van der Waals surface area contributed by atoms with Gasteiger partial charge in [0, 0.05) is 17.3 Å². The van der Waals surface area contributed by atoms with E-state index >= 15 is 0 Å². The summed E-state index contributed by atoms with van der Waals surface area (Å²) in [7, 11) is 0. The third-order valence-electron chi connectivity index (χ3n) is 3.18. The zero-order valence-electron chi connectivity index (χ0n) is 13.0. The van der Waals surface area contributed by atoms with Gasteiger partial charge in [0.1, 0.15) is 24.7 Å². The molecule has 0 aliphatic rings. The van der Waals surface area contributed by atoms with Crippen LogP contribution in [0.2, 0.25) is 5.02 Å². The van der Waals surface area contributed by atoms with Gasteiger partial charge in [-0.25, -0.2) is 0 Å². The minimum atomic E-state index is -0.434. The van der Waals surface area contributed by atoms with Crippen LogP contribution >= 0.6 is 11.6 Å². The second-order valence-electron chi connectivity index (χ2n) is 5.02. The number of hydrogen-bond donors (Lipinski definition) is 1. The summed E-state index contributed by atoms with van der Waals surface area (Å²) in [4.78, 5) is 12.1. The van der Waals surface area contributed by atoms with Crippen molar-refractivity contribution >= 4 is 23.3 Å². The van der Waals surface area contributed by atoms with Crippen molar-refractivity contribution in [1.29, 1.82) is 5.26 Å². The highest BCUT2D eigenvalue weighted by atomic mass is 35.5. The lowest BCUT2D eigenvalue weighted by molar-refractivity contribution is 0.0992. The van der Waals surface area contributed by atoms with Gasteiger partial charge in [0.25, 0.3) is 5.91 Å². The van der Waals surface area contributed by atoms with Crippen molar-refractivity contribution in [3.63, 3.8) is 0 Å². The molecule has 3 rings (SSSR count). The van der Waals surface area contributed by atoms with Gasteiger partial charge in [-0.3, -0.25) is 9.48 Å². The number of nitrogens with zero attached hydrogens (tertiary/aromatic N) is 3. The Kier molecular flexibility index (Phi) is 5.02. The van der Waals surface area contributed by atoms with Crippen molar-refractivity contribution in [2.75, 3.05) is 5.32 Å². The molecule has 3 aromatic rings. The lowest BCUT2D eigenvalue weighted by Crippen LogP contribution is -2.11. The van der Waals surface area contributed by atoms with Crippen LogP contribution < -0.4 is 10.1 Å². The molecule has 0 bridgehead atoms. The average molecular weight is 357 g/mol. The quantitative estimate of drug-likeness (QED) is 0.729. The average Bonchev–Trinajstić information content (AvgIpc) is 3.23. The third kappa shape index (κ3) is 4.40. The van der Waals surface area contributed by atoms with Crippen LogP contribution in [0.25, 0.3) is 0 Å². The van der Waals surface area contributed by atoms with Gasteiger partial charge < -0.3 is 14.5 Å². The van der Waals surface area contributed by atoms with Crippen LogP contribution in [-0.4, -0.2) is 15.7 Å². The number of anilines is 1. The first-order valence-corrected chi connectivity index (χ1v) is 7.70. The predicted octanol–water partition coefficient (Wildman–Crippen LogP) is 3.48. The first-order valence-electron chi connectivity index (χ1n) is 7.33. The summed E-state index contributed by atoms with van der Waals surface area (Å²) in [6.07, 6.45) is 1.60. The Morgan fingerprint density at radius 2 is 2.24 bits per heavy atom. The summed E-state index contributed by atoms with van der Waals surface area (Å²) in [6, 6.07) is 13.8. The van der Waals surface area contributed by atoms with E-state index in [0.29, 0.717) is 22.4 Å². The number of rotatable bonds is 6. The Hall–Kier alpha value is -3.24. The molecule has 1 aromatic carbocycles. The molecule has 0 saturated heterocycles. The normalized spacial score (nSPS) is 10.2. The molecule has 0 unspecified atom stereocenters. The summed E-state index contributed by atoms with van der Waals surface area (Å²) < 4.78 is 12.4. The molecule has 126 valence electrons. The van der Waals surface area contributed by atoms with Gasteiger partial charge in [-0.15, -0.1) is 0 Å². The summed E-state index contributed by atoms with van der Waals surface area (Å²) in [5, 5.41) is 15.8. The number of aromatic nitrogens is 2. The number of nitriles is 1. The lowest BCUT2D eigenvalue weighted by Gasteiger charge is -2.04. The second-order valence-corrected chi connectivity index (χ2v) is 5.46. The lowest BCUT2D eigenvalue weighted by atomic mass is 10.3. The van der Waals surface area contributed by atoms with E-state index in [1.807, 2.05) is 6.07 Å². The Morgan fingerprint density at radius 1 is 1.36 bits per heavy atom. The molecule has 8 heteroatoms. The number of ether oxygens (including phenoxy) is 1. The molecule has 0 atom stereocenters. The fourth-order valence-corrected chi connectivity index (χ4v) is 2.24. The molecule has 0 saturated carbocycles. The number of hydrogen-bond acceptors (Lipinski definition) is 5. The van der Waals surface area contributed by atoms with E-state index in [1.54, 1.807) is 48.7 Å². The van der Waals surface area contributed by atoms with E-state index in [2.05, 4.69) is 10.4 Å². The van der Waals surface area contributed by atoms with Crippen molar-refractivity contribution in [2.45, 2.75) is 13.2 Å². The summed E-state index contributed by atoms with van der Waals surface area (Å²) in [5.41, 5.74) is 0. The summed E-state index contributed by atoms with van der Waals surface area (Å²) in [6.45, 7) is 0.284.